The number of rotatable bonds is 11. The maximum absolute atomic E-state index is 13.1. The number of ether oxygens (including phenoxy) is 1. The third kappa shape index (κ3) is 6.89. The van der Waals surface area contributed by atoms with E-state index in [0.717, 1.165) is 21.0 Å². The number of aromatic nitrogens is 3. The summed E-state index contributed by atoms with van der Waals surface area (Å²) in [5, 5.41) is 9.75. The second-order valence-corrected chi connectivity index (χ2v) is 11.4. The quantitative estimate of drug-likeness (QED) is 0.0986. The monoisotopic (exact) mass is 574 g/mol. The Bertz CT molecular complexity index is 1590. The number of amides is 1. The van der Waals surface area contributed by atoms with Crippen LogP contribution in [0.25, 0.3) is 21.3 Å². The summed E-state index contributed by atoms with van der Waals surface area (Å²) in [4.78, 5) is 55.7. The summed E-state index contributed by atoms with van der Waals surface area (Å²) in [7, 11) is -4.59. The van der Waals surface area contributed by atoms with Crippen LogP contribution in [0.4, 0.5) is 0 Å². The topological polar surface area (TPSA) is 216 Å². The number of aromatic amines is 2. The molecule has 0 radical (unpaired) electrons. The number of benzene rings is 1. The summed E-state index contributed by atoms with van der Waals surface area (Å²) in [5.74, 6) is -0.491. The summed E-state index contributed by atoms with van der Waals surface area (Å²) in [6.45, 7) is 4.58. The van der Waals surface area contributed by atoms with Crippen LogP contribution >= 0.6 is 7.75 Å². The Balaban J connectivity index is 1.49. The molecule has 0 bridgehead atoms. The zero-order valence-corrected chi connectivity index (χ0v) is 23.0. The molecular formula is C24H31N8O7P. The van der Waals surface area contributed by atoms with E-state index in [1.54, 1.807) is 20.0 Å². The van der Waals surface area contributed by atoms with Crippen LogP contribution in [0.3, 0.4) is 0 Å². The van der Waals surface area contributed by atoms with Crippen molar-refractivity contribution >= 4 is 24.6 Å². The molecule has 5 N–H and O–H groups in total. The van der Waals surface area contributed by atoms with Gasteiger partial charge in [0.15, 0.2) is 0 Å². The van der Waals surface area contributed by atoms with E-state index in [1.165, 1.54) is 13.1 Å². The molecule has 1 aromatic carbocycles. The molecule has 40 heavy (non-hydrogen) atoms. The van der Waals surface area contributed by atoms with Crippen LogP contribution in [0.15, 0.2) is 51.4 Å². The van der Waals surface area contributed by atoms with Gasteiger partial charge in [0.05, 0.1) is 18.8 Å². The van der Waals surface area contributed by atoms with Crippen molar-refractivity contribution in [2.24, 2.45) is 5.11 Å². The maximum Gasteiger partial charge on any atom is 0.403 e. The van der Waals surface area contributed by atoms with Gasteiger partial charge in [-0.25, -0.2) is 14.4 Å². The number of nitrogens with zero attached hydrogens (tertiary/aromatic N) is 4. The van der Waals surface area contributed by atoms with Gasteiger partial charge in [0.25, 0.3) is 5.56 Å². The molecule has 2 aromatic heterocycles. The fourth-order valence-electron chi connectivity index (χ4n) is 4.53. The van der Waals surface area contributed by atoms with E-state index in [1.807, 2.05) is 24.3 Å². The molecule has 0 spiro atoms. The van der Waals surface area contributed by atoms with Crippen LogP contribution in [-0.4, -0.2) is 56.2 Å². The lowest BCUT2D eigenvalue weighted by Crippen LogP contribution is -2.46. The molecule has 15 nitrogen and oxygen atoms in total. The molecule has 1 fully saturated rings. The number of hydrogen-bond acceptors (Lipinski definition) is 7. The minimum absolute atomic E-state index is 0.0621. The van der Waals surface area contributed by atoms with Crippen molar-refractivity contribution in [1.29, 1.82) is 0 Å². The Kier molecular flexibility index (Phi) is 8.94. The molecular weight excluding hydrogens is 543 g/mol. The Morgan fingerprint density at radius 1 is 1.38 bits per heavy atom. The number of aryl methyl sites for hydroxylation is 1. The van der Waals surface area contributed by atoms with E-state index < -0.39 is 55.9 Å². The van der Waals surface area contributed by atoms with E-state index >= 15 is 0 Å². The van der Waals surface area contributed by atoms with Crippen molar-refractivity contribution in [3.8, 4) is 0 Å². The van der Waals surface area contributed by atoms with Crippen molar-refractivity contribution in [2.75, 3.05) is 6.61 Å². The normalized spacial score (nSPS) is 21.2. The molecule has 3 aromatic rings. The average Bonchev–Trinajstić information content (AvgIpc) is 3.48. The molecule has 3 heterocycles. The number of hydrogen-bond donors (Lipinski definition) is 5. The molecule has 214 valence electrons. The molecule has 16 heteroatoms. The highest BCUT2D eigenvalue weighted by molar-refractivity contribution is 7.50. The van der Waals surface area contributed by atoms with Gasteiger partial charge in [0.2, 0.25) is 5.91 Å². The average molecular weight is 575 g/mol. The number of nitrogens with one attached hydrogen (secondary N) is 4. The first-order valence-electron chi connectivity index (χ1n) is 12.6. The number of azide groups is 1. The lowest BCUT2D eigenvalue weighted by molar-refractivity contribution is -0.123. The Labute approximate surface area is 228 Å². The minimum atomic E-state index is -4.59. The number of carbonyl (C=O) groups is 1. The van der Waals surface area contributed by atoms with Gasteiger partial charge >= 0.3 is 13.4 Å². The van der Waals surface area contributed by atoms with Crippen LogP contribution in [0.5, 0.6) is 0 Å². The molecule has 5 atom stereocenters. The molecule has 1 aliphatic heterocycles. The summed E-state index contributed by atoms with van der Waals surface area (Å²) < 4.78 is 25.4. The molecule has 0 aliphatic carbocycles. The highest BCUT2D eigenvalue weighted by Crippen LogP contribution is 2.40. The molecule has 1 aliphatic rings. The summed E-state index contributed by atoms with van der Waals surface area (Å²) in [6, 6.07) is 5.32. The summed E-state index contributed by atoms with van der Waals surface area (Å²) in [6.07, 6.45) is 1.32. The largest absolute Gasteiger partial charge is 0.403 e. The maximum atomic E-state index is 13.1. The standard InChI is InChI=1S/C24H31N8O7P/c1-13(2)27-23(34)19(8-15-10-26-17-7-5-4-6-16(15)17)30-40(36,37)38-12-20-18(29-31-25)9-21(39-20)32-11-14(3)22(33)28-24(32)35/h4-7,10-11,13,18-21,26H,8-9,12H2,1-3H3,(H,27,34)(H,28,33,35)(H2,30,36,37)/t18-,19-,20+,21+/m0/s1. The van der Waals surface area contributed by atoms with Gasteiger partial charge in [-0.3, -0.25) is 23.7 Å². The second kappa shape index (κ2) is 12.2. The van der Waals surface area contributed by atoms with E-state index in [9.17, 15) is 23.8 Å². The molecule has 0 saturated carbocycles. The van der Waals surface area contributed by atoms with Gasteiger partial charge in [0.1, 0.15) is 12.3 Å². The first kappa shape index (κ1) is 29.3. The number of H-pyrrole nitrogens is 2. The first-order valence-corrected chi connectivity index (χ1v) is 14.2. The molecule has 4 rings (SSSR count). The third-order valence-corrected chi connectivity index (χ3v) is 7.58. The predicted molar refractivity (Wildman–Crippen MR) is 146 cm³/mol. The van der Waals surface area contributed by atoms with Gasteiger partial charge in [0, 0.05) is 46.2 Å². The zero-order valence-electron chi connectivity index (χ0n) is 22.1. The highest BCUT2D eigenvalue weighted by Gasteiger charge is 2.39. The van der Waals surface area contributed by atoms with Crippen molar-refractivity contribution in [1.82, 2.24) is 24.9 Å². The van der Waals surface area contributed by atoms with Crippen LogP contribution in [-0.2, 0) is 25.0 Å². The van der Waals surface area contributed by atoms with E-state index in [4.69, 9.17) is 14.8 Å². The third-order valence-electron chi connectivity index (χ3n) is 6.44. The molecule has 1 amide bonds. The van der Waals surface area contributed by atoms with E-state index in [2.05, 4.69) is 30.4 Å². The van der Waals surface area contributed by atoms with Gasteiger partial charge in [-0.2, -0.15) is 0 Å². The lowest BCUT2D eigenvalue weighted by Gasteiger charge is -2.24. The van der Waals surface area contributed by atoms with E-state index in [-0.39, 0.29) is 24.4 Å². The van der Waals surface area contributed by atoms with Crippen molar-refractivity contribution in [3.05, 3.63) is 79.1 Å². The fraction of sp³-hybridized carbons (Fsp3) is 0.458. The lowest BCUT2D eigenvalue weighted by atomic mass is 10.0. The highest BCUT2D eigenvalue weighted by atomic mass is 31.2. The Hall–Kier alpha value is -3.71. The predicted octanol–water partition coefficient (Wildman–Crippen LogP) is 2.14. The number of carbonyl (C=O) groups excluding carboxylic acids is 1. The van der Waals surface area contributed by atoms with Crippen LogP contribution in [0, 0.1) is 6.92 Å². The smallest absolute Gasteiger partial charge is 0.361 e. The molecule has 1 saturated heterocycles. The van der Waals surface area contributed by atoms with E-state index in [0.29, 0.717) is 0 Å². The fourth-order valence-corrected chi connectivity index (χ4v) is 5.56. The van der Waals surface area contributed by atoms with Gasteiger partial charge < -0.3 is 19.9 Å². The Morgan fingerprint density at radius 2 is 2.12 bits per heavy atom. The second-order valence-electron chi connectivity index (χ2n) is 9.84. The van der Waals surface area contributed by atoms with Crippen molar-refractivity contribution in [3.63, 3.8) is 0 Å². The zero-order chi connectivity index (χ0) is 29.0. The van der Waals surface area contributed by atoms with Gasteiger partial charge in [-0.05, 0) is 44.4 Å². The molecule has 1 unspecified atom stereocenters. The minimum Gasteiger partial charge on any atom is -0.361 e. The Morgan fingerprint density at radius 3 is 2.85 bits per heavy atom. The van der Waals surface area contributed by atoms with Gasteiger partial charge in [-0.15, -0.1) is 0 Å². The van der Waals surface area contributed by atoms with Crippen LogP contribution in [0.2, 0.25) is 0 Å². The number of para-hydroxylation sites is 1. The van der Waals surface area contributed by atoms with Crippen LogP contribution in [0.1, 0.15) is 37.6 Å². The first-order chi connectivity index (χ1) is 19.0. The summed E-state index contributed by atoms with van der Waals surface area (Å²) >= 11 is 0. The van der Waals surface area contributed by atoms with Crippen molar-refractivity contribution < 1.29 is 23.5 Å². The SMILES string of the molecule is Cc1cn([C@H]2C[C@H](N=[N+]=[N-])[C@@H](COP(=O)(O)N[C@@H](Cc3c[nH]c4ccccc34)C(=O)NC(C)C)O2)c(=O)[nH]c1=O. The summed E-state index contributed by atoms with van der Waals surface area (Å²) in [5.41, 5.74) is 9.63. The van der Waals surface area contributed by atoms with Gasteiger partial charge in [-0.1, -0.05) is 23.3 Å². The van der Waals surface area contributed by atoms with Crippen LogP contribution < -0.4 is 21.7 Å². The van der Waals surface area contributed by atoms with Crippen molar-refractivity contribution in [2.45, 2.75) is 64.1 Å². The number of fused-ring (bicyclic) bond motifs is 1.